The molecule has 0 amide bonds. The van der Waals surface area contributed by atoms with Crippen molar-refractivity contribution < 1.29 is 0 Å². The molecule has 0 saturated carbocycles. The number of rotatable bonds is 2. The van der Waals surface area contributed by atoms with E-state index >= 15 is 0 Å². The van der Waals surface area contributed by atoms with Crippen LogP contribution in [0, 0.1) is 0 Å². The summed E-state index contributed by atoms with van der Waals surface area (Å²) >= 11 is 13.9. The molecule has 0 nitrogen and oxygen atoms in total. The molecular weight excluding hydrogens is 518 g/mol. The second-order valence-electron chi connectivity index (χ2n) is 4.63. The van der Waals surface area contributed by atoms with Crippen LogP contribution in [0.5, 0.6) is 0 Å². The number of allylic oxidation sites excluding steroid dienone is 1. The Morgan fingerprint density at radius 3 is 1.68 bits per heavy atom. The van der Waals surface area contributed by atoms with Gasteiger partial charge in [0.25, 0.3) is 0 Å². The first-order chi connectivity index (χ1) is 10.8. The summed E-state index contributed by atoms with van der Waals surface area (Å²) in [5.74, 6) is 0. The molecule has 0 spiro atoms. The van der Waals surface area contributed by atoms with Crippen molar-refractivity contribution in [1.82, 2.24) is 0 Å². The SMILES string of the molecule is CCC(CC)=C1SC2=C(S1)SC(=C1SC3=C(S1)[Se]CC[Se]3)S2. The molecular formula is C14H14S6Se2. The van der Waals surface area contributed by atoms with Gasteiger partial charge in [-0.2, -0.15) is 0 Å². The van der Waals surface area contributed by atoms with Gasteiger partial charge in [-0.15, -0.1) is 0 Å². The molecule has 0 aromatic heterocycles. The Balaban J connectivity index is 1.47. The van der Waals surface area contributed by atoms with E-state index < -0.39 is 0 Å². The number of thioether (sulfide) groups is 6. The minimum absolute atomic E-state index is 0.774. The summed E-state index contributed by atoms with van der Waals surface area (Å²) in [7, 11) is 0. The van der Waals surface area contributed by atoms with Crippen LogP contribution in [0.2, 0.25) is 10.6 Å². The van der Waals surface area contributed by atoms with Gasteiger partial charge in [-0.05, 0) is 0 Å². The van der Waals surface area contributed by atoms with E-state index in [0.717, 1.165) is 29.9 Å². The van der Waals surface area contributed by atoms with E-state index in [2.05, 4.69) is 37.4 Å². The molecule has 0 saturated heterocycles. The standard InChI is InChI=1S/C14H14S6Se2/c1-3-7(4-2)8-15-9-10(16-8)18-11(17-9)12-19-13-14(20-12)22-6-5-21-13/h3-6H2,1-2H3. The molecule has 4 aliphatic rings. The molecule has 4 heterocycles. The van der Waals surface area contributed by atoms with Crippen LogP contribution >= 0.6 is 70.6 Å². The van der Waals surface area contributed by atoms with E-state index in [1.807, 2.05) is 47.0 Å². The van der Waals surface area contributed by atoms with Crippen LogP contribution in [-0.4, -0.2) is 29.9 Å². The maximum absolute atomic E-state index is 2.29. The van der Waals surface area contributed by atoms with Crippen molar-refractivity contribution in [3.63, 3.8) is 0 Å². The third kappa shape index (κ3) is 3.49. The average Bonchev–Trinajstić information content (AvgIpc) is 3.19. The van der Waals surface area contributed by atoms with Gasteiger partial charge in [0, 0.05) is 0 Å². The normalized spacial score (nSPS) is 24.5. The molecule has 0 N–H and O–H groups in total. The summed E-state index contributed by atoms with van der Waals surface area (Å²) in [5.41, 5.74) is 1.63. The third-order valence-electron chi connectivity index (χ3n) is 3.30. The van der Waals surface area contributed by atoms with Crippen molar-refractivity contribution in [2.45, 2.75) is 37.3 Å². The molecule has 8 heteroatoms. The van der Waals surface area contributed by atoms with Crippen molar-refractivity contribution in [2.75, 3.05) is 0 Å². The zero-order valence-corrected chi connectivity index (χ0v) is 20.4. The topological polar surface area (TPSA) is 0 Å². The predicted octanol–water partition coefficient (Wildman–Crippen LogP) is 7.10. The summed E-state index contributed by atoms with van der Waals surface area (Å²) in [6, 6.07) is 0. The van der Waals surface area contributed by atoms with Crippen molar-refractivity contribution in [1.29, 1.82) is 0 Å². The van der Waals surface area contributed by atoms with Gasteiger partial charge in [-0.1, -0.05) is 0 Å². The fraction of sp³-hybridized carbons (Fsp3) is 0.429. The Hall–Kier alpha value is 2.10. The summed E-state index contributed by atoms with van der Waals surface area (Å²) in [6.07, 6.45) is 2.39. The second kappa shape index (κ2) is 7.77. The summed E-state index contributed by atoms with van der Waals surface area (Å²) < 4.78 is 11.4. The Bertz CT molecular complexity index is 598. The van der Waals surface area contributed by atoms with Gasteiger partial charge in [0.15, 0.2) is 0 Å². The van der Waals surface area contributed by atoms with Gasteiger partial charge < -0.3 is 0 Å². The van der Waals surface area contributed by atoms with Gasteiger partial charge >= 0.3 is 172 Å². The van der Waals surface area contributed by atoms with Crippen molar-refractivity contribution >= 4 is 100 Å². The Kier molecular flexibility index (Phi) is 6.19. The van der Waals surface area contributed by atoms with Gasteiger partial charge in [-0.25, -0.2) is 0 Å². The van der Waals surface area contributed by atoms with Gasteiger partial charge in [-0.3, -0.25) is 0 Å². The first-order valence-corrected chi connectivity index (χ1v) is 16.1. The van der Waals surface area contributed by atoms with Crippen molar-refractivity contribution in [2.24, 2.45) is 0 Å². The van der Waals surface area contributed by atoms with Gasteiger partial charge in [0.05, 0.1) is 0 Å². The Morgan fingerprint density at radius 2 is 1.18 bits per heavy atom. The fourth-order valence-corrected chi connectivity index (χ4v) is 20.4. The first-order valence-electron chi connectivity index (χ1n) is 7.06. The molecule has 22 heavy (non-hydrogen) atoms. The van der Waals surface area contributed by atoms with E-state index in [9.17, 15) is 0 Å². The van der Waals surface area contributed by atoms with Crippen LogP contribution in [-0.2, 0) is 0 Å². The Labute approximate surface area is 170 Å². The molecule has 0 bridgehead atoms. The third-order valence-corrected chi connectivity index (χ3v) is 20.3. The molecule has 0 fully saturated rings. The zero-order valence-electron chi connectivity index (χ0n) is 12.1. The second-order valence-corrected chi connectivity index (χ2v) is 17.9. The number of hydrogen-bond donors (Lipinski definition) is 0. The zero-order chi connectivity index (χ0) is 15.1. The van der Waals surface area contributed by atoms with Crippen LogP contribution in [0.1, 0.15) is 26.7 Å². The molecule has 4 aliphatic heterocycles. The average molecular weight is 533 g/mol. The first kappa shape index (κ1) is 17.5. The molecule has 4 rings (SSSR count). The quantitative estimate of drug-likeness (QED) is 0.346. The molecule has 0 aromatic rings. The predicted molar refractivity (Wildman–Crippen MR) is 115 cm³/mol. The summed E-state index contributed by atoms with van der Waals surface area (Å²) in [4.78, 5) is 0. The van der Waals surface area contributed by atoms with E-state index in [1.165, 1.54) is 23.5 Å². The summed E-state index contributed by atoms with van der Waals surface area (Å²) in [5, 5.41) is 2.96. The van der Waals surface area contributed by atoms with Crippen molar-refractivity contribution in [3.8, 4) is 0 Å². The monoisotopic (exact) mass is 534 g/mol. The molecule has 0 aliphatic carbocycles. The van der Waals surface area contributed by atoms with E-state index in [0.29, 0.717) is 0 Å². The molecule has 118 valence electrons. The van der Waals surface area contributed by atoms with E-state index in [4.69, 9.17) is 0 Å². The van der Waals surface area contributed by atoms with Crippen molar-refractivity contribution in [3.05, 3.63) is 34.4 Å². The van der Waals surface area contributed by atoms with Crippen LogP contribution in [0.15, 0.2) is 34.4 Å². The van der Waals surface area contributed by atoms with Crippen LogP contribution in [0.4, 0.5) is 0 Å². The maximum atomic E-state index is 2.29. The minimum atomic E-state index is 0.774. The van der Waals surface area contributed by atoms with Crippen LogP contribution in [0.25, 0.3) is 0 Å². The molecule has 0 atom stereocenters. The van der Waals surface area contributed by atoms with Gasteiger partial charge in [0.1, 0.15) is 0 Å². The fourth-order valence-electron chi connectivity index (χ4n) is 2.15. The summed E-state index contributed by atoms with van der Waals surface area (Å²) in [6.45, 7) is 4.57. The van der Waals surface area contributed by atoms with Crippen LogP contribution < -0.4 is 0 Å². The molecule has 0 radical (unpaired) electrons. The van der Waals surface area contributed by atoms with Crippen LogP contribution in [0.3, 0.4) is 0 Å². The number of hydrogen-bond acceptors (Lipinski definition) is 6. The molecule has 0 aromatic carbocycles. The Morgan fingerprint density at radius 1 is 0.727 bits per heavy atom. The molecule has 0 unspecified atom stereocenters. The van der Waals surface area contributed by atoms with E-state index in [1.54, 1.807) is 34.4 Å². The van der Waals surface area contributed by atoms with E-state index in [-0.39, 0.29) is 0 Å². The van der Waals surface area contributed by atoms with Gasteiger partial charge in [0.2, 0.25) is 0 Å².